The first kappa shape index (κ1) is 37.1. The van der Waals surface area contributed by atoms with Crippen molar-refractivity contribution in [3.63, 3.8) is 0 Å². The van der Waals surface area contributed by atoms with E-state index in [2.05, 4.69) is 15.9 Å². The number of thioether (sulfide) groups is 1. The van der Waals surface area contributed by atoms with Gasteiger partial charge in [0.1, 0.15) is 6.07 Å². The molecule has 2 fully saturated rings. The number of benzene rings is 2. The van der Waals surface area contributed by atoms with Gasteiger partial charge in [0, 0.05) is 87.0 Å². The number of rotatable bonds is 10. The van der Waals surface area contributed by atoms with Crippen molar-refractivity contribution in [1.82, 2.24) is 23.9 Å². The number of piperazine rings is 1. The van der Waals surface area contributed by atoms with E-state index in [-0.39, 0.29) is 36.2 Å². The number of carbonyl (C=O) groups excluding carboxylic acids is 1. The van der Waals surface area contributed by atoms with Crippen LogP contribution in [-0.2, 0) is 40.5 Å². The van der Waals surface area contributed by atoms with Gasteiger partial charge < -0.3 is 14.9 Å². The van der Waals surface area contributed by atoms with Gasteiger partial charge in [-0.05, 0) is 43.5 Å². The number of aliphatic hydroxyl groups excluding tert-OH is 1. The number of hydrogen-bond acceptors (Lipinski definition) is 9. The van der Waals surface area contributed by atoms with Crippen molar-refractivity contribution in [2.75, 3.05) is 69.3 Å². The average molecular weight is 746 g/mol. The maximum absolute atomic E-state index is 14.2. The molecule has 16 heteroatoms. The Balaban J connectivity index is 1.22. The number of anilines is 1. The van der Waals surface area contributed by atoms with E-state index in [0.717, 1.165) is 54.7 Å². The maximum Gasteiger partial charge on any atom is 0.417 e. The fourth-order valence-corrected chi connectivity index (χ4v) is 8.90. The van der Waals surface area contributed by atoms with Crippen molar-refractivity contribution in [3.8, 4) is 17.3 Å². The van der Waals surface area contributed by atoms with E-state index in [4.69, 9.17) is 5.10 Å². The van der Waals surface area contributed by atoms with E-state index in [1.54, 1.807) is 15.6 Å². The number of amides is 1. The van der Waals surface area contributed by atoms with Crippen molar-refractivity contribution in [3.05, 3.63) is 64.8 Å². The first-order valence-corrected chi connectivity index (χ1v) is 20.0. The van der Waals surface area contributed by atoms with Gasteiger partial charge in [-0.2, -0.15) is 27.8 Å². The molecule has 0 spiro atoms. The Kier molecular flexibility index (Phi) is 11.3. The van der Waals surface area contributed by atoms with Gasteiger partial charge in [-0.25, -0.2) is 8.42 Å². The molecule has 1 atom stereocenters. The lowest BCUT2D eigenvalue weighted by atomic mass is 10.0. The van der Waals surface area contributed by atoms with Crippen LogP contribution in [0.3, 0.4) is 0 Å². The van der Waals surface area contributed by atoms with Crippen molar-refractivity contribution < 1.29 is 31.5 Å². The Morgan fingerprint density at radius 2 is 1.75 bits per heavy atom. The monoisotopic (exact) mass is 745 g/mol. The number of nitrogens with zero attached hydrogens (tertiary/aromatic N) is 7. The van der Waals surface area contributed by atoms with Gasteiger partial charge in [-0.1, -0.05) is 18.2 Å². The largest absolute Gasteiger partial charge is 0.417 e. The highest BCUT2D eigenvalue weighted by molar-refractivity contribution is 8.00. The number of hydrogen-bond donors (Lipinski definition) is 1. The van der Waals surface area contributed by atoms with Crippen molar-refractivity contribution in [2.45, 2.75) is 55.9 Å². The number of fused-ring (bicyclic) bond motifs is 1. The molecule has 1 N–H and O–H groups in total. The van der Waals surface area contributed by atoms with Gasteiger partial charge in [-0.15, -0.1) is 11.8 Å². The van der Waals surface area contributed by atoms with Gasteiger partial charge in [0.15, 0.2) is 0 Å². The van der Waals surface area contributed by atoms with Gasteiger partial charge >= 0.3 is 6.18 Å². The zero-order valence-corrected chi connectivity index (χ0v) is 30.1. The number of piperidine rings is 1. The molecule has 51 heavy (non-hydrogen) atoms. The van der Waals surface area contributed by atoms with Crippen LogP contribution in [0, 0.1) is 11.3 Å². The first-order valence-electron chi connectivity index (χ1n) is 17.1. The van der Waals surface area contributed by atoms with E-state index >= 15 is 0 Å². The number of para-hydroxylation sites is 1. The smallest absolute Gasteiger partial charge is 0.390 e. The Morgan fingerprint density at radius 3 is 2.43 bits per heavy atom. The number of aromatic nitrogens is 2. The SMILES string of the molecule is CS(=O)(=O)N1CCc2c(c(-c3ccc(C(F)(F)F)c(SCC(=O)N4CCCCC4)c3)nn2CC(O)CN2CCN(c3ccccc3C#N)CC2)C1. The van der Waals surface area contributed by atoms with Gasteiger partial charge in [0.25, 0.3) is 0 Å². The minimum atomic E-state index is -4.64. The Hall–Kier alpha value is -3.62. The molecule has 1 aromatic heterocycles. The summed E-state index contributed by atoms with van der Waals surface area (Å²) < 4.78 is 70.6. The molecule has 0 radical (unpaired) electrons. The number of aliphatic hydroxyl groups is 1. The molecule has 2 aromatic carbocycles. The summed E-state index contributed by atoms with van der Waals surface area (Å²) >= 11 is 0.847. The summed E-state index contributed by atoms with van der Waals surface area (Å²) in [5.74, 6) is -0.335. The predicted octanol–water partition coefficient (Wildman–Crippen LogP) is 4.05. The highest BCUT2D eigenvalue weighted by Crippen LogP contribution is 2.40. The first-order chi connectivity index (χ1) is 24.3. The van der Waals surface area contributed by atoms with Crippen LogP contribution in [0.2, 0.25) is 0 Å². The Bertz CT molecular complexity index is 1880. The molecule has 1 amide bonds. The average Bonchev–Trinajstić information content (AvgIpc) is 3.47. The summed E-state index contributed by atoms with van der Waals surface area (Å²) in [5.41, 5.74) is 2.71. The minimum absolute atomic E-state index is 0.00265. The summed E-state index contributed by atoms with van der Waals surface area (Å²) in [6.45, 7) is 4.62. The zero-order valence-electron chi connectivity index (χ0n) is 28.5. The van der Waals surface area contributed by atoms with Crippen LogP contribution < -0.4 is 4.90 Å². The van der Waals surface area contributed by atoms with Gasteiger partial charge in [0.2, 0.25) is 15.9 Å². The van der Waals surface area contributed by atoms with Crippen LogP contribution in [-0.4, -0.2) is 114 Å². The molecular weight excluding hydrogens is 704 g/mol. The van der Waals surface area contributed by atoms with Crippen LogP contribution >= 0.6 is 11.8 Å². The van der Waals surface area contributed by atoms with Crippen LogP contribution in [0.1, 0.15) is 41.6 Å². The van der Waals surface area contributed by atoms with Crippen molar-refractivity contribution in [2.24, 2.45) is 0 Å². The lowest BCUT2D eigenvalue weighted by molar-refractivity contribution is -0.139. The fourth-order valence-electron chi connectivity index (χ4n) is 7.10. The third kappa shape index (κ3) is 8.72. The lowest BCUT2D eigenvalue weighted by Gasteiger charge is -2.37. The van der Waals surface area contributed by atoms with E-state index < -0.39 is 27.9 Å². The predicted molar refractivity (Wildman–Crippen MR) is 189 cm³/mol. The molecule has 3 aliphatic heterocycles. The molecule has 11 nitrogen and oxygen atoms in total. The number of sulfonamides is 1. The molecular formula is C35H42F3N7O4S2. The molecule has 3 aromatic rings. The number of alkyl halides is 3. The molecule has 3 aliphatic rings. The summed E-state index contributed by atoms with van der Waals surface area (Å²) in [7, 11) is -3.57. The highest BCUT2D eigenvalue weighted by Gasteiger charge is 2.36. The molecule has 2 saturated heterocycles. The third-order valence-electron chi connectivity index (χ3n) is 9.78. The van der Waals surface area contributed by atoms with Gasteiger partial charge in [-0.3, -0.25) is 14.4 Å². The third-order valence-corrected chi connectivity index (χ3v) is 12.1. The number of nitriles is 1. The van der Waals surface area contributed by atoms with Crippen molar-refractivity contribution in [1.29, 1.82) is 5.26 Å². The molecule has 4 heterocycles. The second-order valence-corrected chi connectivity index (χ2v) is 16.3. The molecule has 6 rings (SSSR count). The number of carbonyl (C=O) groups is 1. The van der Waals surface area contributed by atoms with E-state index in [1.807, 2.05) is 18.2 Å². The van der Waals surface area contributed by atoms with Crippen molar-refractivity contribution >= 4 is 33.4 Å². The quantitative estimate of drug-likeness (QED) is 0.306. The van der Waals surface area contributed by atoms with Gasteiger partial charge in [0.05, 0.1) is 47.2 Å². The second-order valence-electron chi connectivity index (χ2n) is 13.3. The number of likely N-dealkylation sites (tertiary alicyclic amines) is 1. The second kappa shape index (κ2) is 15.5. The van der Waals surface area contributed by atoms with Crippen LogP contribution in [0.4, 0.5) is 18.9 Å². The summed E-state index contributed by atoms with van der Waals surface area (Å²) in [6, 6.07) is 13.4. The van der Waals surface area contributed by atoms with E-state index in [1.165, 1.54) is 16.4 Å². The summed E-state index contributed by atoms with van der Waals surface area (Å²) in [4.78, 5) is 18.8. The lowest BCUT2D eigenvalue weighted by Crippen LogP contribution is -2.49. The minimum Gasteiger partial charge on any atom is -0.390 e. The molecule has 1 unspecified atom stereocenters. The van der Waals surface area contributed by atoms with E-state index in [0.29, 0.717) is 74.6 Å². The van der Waals surface area contributed by atoms with Crippen LogP contribution in [0.15, 0.2) is 47.4 Å². The standard InChI is InChI=1S/C35H42F3N7O4S2/c1-51(48,49)44-14-11-31-28(23-44)34(25-9-10-29(35(36,37)38)32(19-25)50-24-33(47)43-12-5-2-6-13-43)40-45(31)22-27(46)21-41-15-17-42(18-16-41)30-8-4-3-7-26(30)20-39/h3-4,7-10,19,27,46H,2,5-6,11-18,21-24H2,1H3. The van der Waals surface area contributed by atoms with E-state index in [9.17, 15) is 36.8 Å². The number of β-amino-alcohol motifs (C(OH)–C–C–N with tert-alkyl or cyclic N) is 1. The Morgan fingerprint density at radius 1 is 1.02 bits per heavy atom. The van der Waals surface area contributed by atoms with Crippen LogP contribution in [0.5, 0.6) is 0 Å². The number of halogens is 3. The molecule has 274 valence electrons. The normalized spacial score (nSPS) is 18.4. The maximum atomic E-state index is 14.2. The Labute approximate surface area is 300 Å². The highest BCUT2D eigenvalue weighted by atomic mass is 32.2. The summed E-state index contributed by atoms with van der Waals surface area (Å²) in [6.07, 6.45) is -1.24. The topological polar surface area (TPSA) is 126 Å². The summed E-state index contributed by atoms with van der Waals surface area (Å²) in [5, 5.41) is 25.5. The molecule has 0 saturated carbocycles. The zero-order chi connectivity index (χ0) is 36.3. The fraction of sp³-hybridized carbons (Fsp3) is 0.514. The van der Waals surface area contributed by atoms with Crippen LogP contribution in [0.25, 0.3) is 11.3 Å². The molecule has 0 aliphatic carbocycles. The molecule has 0 bridgehead atoms.